The number of benzene rings is 3. The topological polar surface area (TPSA) is 28.6 Å². The van der Waals surface area contributed by atoms with Crippen molar-refractivity contribution < 1.29 is 4.74 Å². The average molecular weight is 482 g/mol. The van der Waals surface area contributed by atoms with Gasteiger partial charge in [0.25, 0.3) is 0 Å². The predicted octanol–water partition coefficient (Wildman–Crippen LogP) is 6.34. The highest BCUT2D eigenvalue weighted by atomic mass is 32.2. The molecular formula is C30H31N3OS. The highest BCUT2D eigenvalue weighted by Gasteiger charge is 2.29. The normalized spacial score (nSPS) is 17.3. The molecule has 0 aliphatic carbocycles. The molecule has 1 saturated heterocycles. The standard InChI is InChI=1S/C30H31N3OS/c1-3-8-23(9-4-1)19-32-16-13-26(14-17-32)33-20-24-18-25(21-35-27-10-5-2-6-11-27)28-12-7-15-31-29(28)30(24)34-22-33/h1-12,15,18,26H,13-14,16-17,19-22H2. The molecule has 35 heavy (non-hydrogen) atoms. The largest absolute Gasteiger partial charge is 0.475 e. The molecule has 0 radical (unpaired) electrons. The second-order valence-electron chi connectivity index (χ2n) is 9.54. The van der Waals surface area contributed by atoms with Crippen molar-refractivity contribution in [2.24, 2.45) is 0 Å². The summed E-state index contributed by atoms with van der Waals surface area (Å²) in [6, 6.07) is 28.6. The average Bonchev–Trinajstić information content (AvgIpc) is 2.93. The monoisotopic (exact) mass is 481 g/mol. The molecule has 0 bridgehead atoms. The van der Waals surface area contributed by atoms with Crippen LogP contribution in [0.5, 0.6) is 5.75 Å². The first kappa shape index (κ1) is 22.6. The Morgan fingerprint density at radius 3 is 2.49 bits per heavy atom. The van der Waals surface area contributed by atoms with Gasteiger partial charge in [-0.15, -0.1) is 11.8 Å². The van der Waals surface area contributed by atoms with Crippen LogP contribution in [0.15, 0.2) is 90.0 Å². The van der Waals surface area contributed by atoms with Crippen molar-refractivity contribution in [2.45, 2.75) is 42.6 Å². The zero-order valence-corrected chi connectivity index (χ0v) is 20.8. The van der Waals surface area contributed by atoms with E-state index in [0.717, 1.165) is 43.2 Å². The Bertz CT molecular complexity index is 1270. The number of piperidine rings is 1. The summed E-state index contributed by atoms with van der Waals surface area (Å²) in [5.41, 5.74) is 5.02. The Morgan fingerprint density at radius 1 is 0.914 bits per heavy atom. The summed E-state index contributed by atoms with van der Waals surface area (Å²) in [5.74, 6) is 1.91. The number of aromatic nitrogens is 1. The summed E-state index contributed by atoms with van der Waals surface area (Å²) in [5, 5.41) is 1.21. The van der Waals surface area contributed by atoms with Crippen molar-refractivity contribution in [1.29, 1.82) is 0 Å². The highest BCUT2D eigenvalue weighted by molar-refractivity contribution is 7.98. The molecule has 2 aliphatic rings. The smallest absolute Gasteiger partial charge is 0.152 e. The van der Waals surface area contributed by atoms with Crippen LogP contribution < -0.4 is 4.74 Å². The zero-order chi connectivity index (χ0) is 23.5. The summed E-state index contributed by atoms with van der Waals surface area (Å²) in [6.45, 7) is 4.92. The summed E-state index contributed by atoms with van der Waals surface area (Å²) >= 11 is 1.88. The molecule has 3 heterocycles. The molecule has 0 amide bonds. The van der Waals surface area contributed by atoms with Gasteiger partial charge in [0.05, 0.1) is 0 Å². The SMILES string of the molecule is c1ccc(CN2CCC(N3COc4c(cc(CSc5ccccc5)c5cccnc45)C3)CC2)cc1. The minimum Gasteiger partial charge on any atom is -0.475 e. The quantitative estimate of drug-likeness (QED) is 0.300. The fraction of sp³-hybridized carbons (Fsp3) is 0.300. The van der Waals surface area contributed by atoms with Crippen molar-refractivity contribution in [1.82, 2.24) is 14.8 Å². The highest BCUT2D eigenvalue weighted by Crippen LogP contribution is 2.38. The van der Waals surface area contributed by atoms with Crippen LogP contribution in [-0.4, -0.2) is 40.6 Å². The predicted molar refractivity (Wildman–Crippen MR) is 144 cm³/mol. The molecule has 0 unspecified atom stereocenters. The van der Waals surface area contributed by atoms with Crippen LogP contribution in [0.2, 0.25) is 0 Å². The number of hydrogen-bond donors (Lipinski definition) is 0. The molecule has 0 saturated carbocycles. The van der Waals surface area contributed by atoms with Gasteiger partial charge in [0.1, 0.15) is 12.2 Å². The Labute approximate surface area is 211 Å². The summed E-state index contributed by atoms with van der Waals surface area (Å²) < 4.78 is 6.39. The number of fused-ring (bicyclic) bond motifs is 3. The first-order chi connectivity index (χ1) is 17.3. The Kier molecular flexibility index (Phi) is 6.72. The van der Waals surface area contributed by atoms with Crippen LogP contribution in [0.3, 0.4) is 0 Å². The van der Waals surface area contributed by atoms with Crippen molar-refractivity contribution in [3.05, 3.63) is 102 Å². The number of hydrogen-bond acceptors (Lipinski definition) is 5. The van der Waals surface area contributed by atoms with Crippen LogP contribution in [-0.2, 0) is 18.8 Å². The first-order valence-electron chi connectivity index (χ1n) is 12.5. The lowest BCUT2D eigenvalue weighted by Crippen LogP contribution is -2.47. The summed E-state index contributed by atoms with van der Waals surface area (Å²) in [7, 11) is 0. The fourth-order valence-corrected chi connectivity index (χ4v) is 6.27. The lowest BCUT2D eigenvalue weighted by Gasteiger charge is -2.40. The minimum absolute atomic E-state index is 0.566. The third kappa shape index (κ3) is 5.08. The second-order valence-corrected chi connectivity index (χ2v) is 10.6. The van der Waals surface area contributed by atoms with E-state index < -0.39 is 0 Å². The van der Waals surface area contributed by atoms with Gasteiger partial charge in [-0.25, -0.2) is 0 Å². The van der Waals surface area contributed by atoms with Crippen molar-refractivity contribution in [3.63, 3.8) is 0 Å². The number of nitrogens with zero attached hydrogens (tertiary/aromatic N) is 3. The second kappa shape index (κ2) is 10.4. The lowest BCUT2D eigenvalue weighted by molar-refractivity contribution is 0.0250. The van der Waals surface area contributed by atoms with Gasteiger partial charge in [-0.05, 0) is 61.3 Å². The van der Waals surface area contributed by atoms with E-state index in [-0.39, 0.29) is 0 Å². The molecule has 4 aromatic rings. The van der Waals surface area contributed by atoms with E-state index in [2.05, 4.69) is 82.6 Å². The Hall–Kier alpha value is -2.86. The molecule has 1 fully saturated rings. The van der Waals surface area contributed by atoms with Gasteiger partial charge < -0.3 is 4.74 Å². The van der Waals surface area contributed by atoms with Gasteiger partial charge >= 0.3 is 0 Å². The van der Waals surface area contributed by atoms with Crippen molar-refractivity contribution in [3.8, 4) is 5.75 Å². The van der Waals surface area contributed by atoms with Gasteiger partial charge in [-0.3, -0.25) is 14.8 Å². The number of ether oxygens (including phenoxy) is 1. The molecule has 2 aliphatic heterocycles. The number of likely N-dealkylation sites (tertiary alicyclic amines) is 1. The van der Waals surface area contributed by atoms with Crippen LogP contribution in [0.1, 0.15) is 29.5 Å². The fourth-order valence-electron chi connectivity index (χ4n) is 5.36. The maximum absolute atomic E-state index is 6.39. The van der Waals surface area contributed by atoms with Crippen molar-refractivity contribution in [2.75, 3.05) is 19.8 Å². The van der Waals surface area contributed by atoms with Gasteiger partial charge in [-0.1, -0.05) is 54.6 Å². The van der Waals surface area contributed by atoms with E-state index in [4.69, 9.17) is 9.72 Å². The summed E-state index contributed by atoms with van der Waals surface area (Å²) in [6.07, 6.45) is 4.26. The Balaban J connectivity index is 1.16. The van der Waals surface area contributed by atoms with Crippen molar-refractivity contribution >= 4 is 22.7 Å². The molecule has 5 heteroatoms. The molecule has 0 N–H and O–H groups in total. The van der Waals surface area contributed by atoms with E-state index in [0.29, 0.717) is 12.8 Å². The van der Waals surface area contributed by atoms with Gasteiger partial charge in [-0.2, -0.15) is 0 Å². The van der Waals surface area contributed by atoms with E-state index >= 15 is 0 Å². The molecular weight excluding hydrogens is 450 g/mol. The molecule has 0 atom stereocenters. The molecule has 4 nitrogen and oxygen atoms in total. The number of thioether (sulfide) groups is 1. The Morgan fingerprint density at radius 2 is 1.69 bits per heavy atom. The van der Waals surface area contributed by atoms with E-state index in [1.54, 1.807) is 0 Å². The van der Waals surface area contributed by atoms with E-state index in [9.17, 15) is 0 Å². The van der Waals surface area contributed by atoms with Crippen LogP contribution in [0, 0.1) is 0 Å². The molecule has 1 aromatic heterocycles. The van der Waals surface area contributed by atoms with Crippen LogP contribution in [0.4, 0.5) is 0 Å². The number of pyridine rings is 1. The first-order valence-corrected chi connectivity index (χ1v) is 13.5. The summed E-state index contributed by atoms with van der Waals surface area (Å²) in [4.78, 5) is 11.1. The lowest BCUT2D eigenvalue weighted by atomic mass is 9.99. The van der Waals surface area contributed by atoms with Crippen LogP contribution in [0.25, 0.3) is 10.9 Å². The minimum atomic E-state index is 0.566. The molecule has 6 rings (SSSR count). The maximum Gasteiger partial charge on any atom is 0.152 e. The molecule has 178 valence electrons. The van der Waals surface area contributed by atoms with E-state index in [1.807, 2.05) is 24.0 Å². The van der Waals surface area contributed by atoms with Gasteiger partial charge in [0.2, 0.25) is 0 Å². The van der Waals surface area contributed by atoms with Gasteiger partial charge in [0, 0.05) is 46.9 Å². The maximum atomic E-state index is 6.39. The third-order valence-electron chi connectivity index (χ3n) is 7.22. The third-order valence-corrected chi connectivity index (χ3v) is 8.28. The van der Waals surface area contributed by atoms with Gasteiger partial charge in [0.15, 0.2) is 5.75 Å². The molecule has 3 aromatic carbocycles. The zero-order valence-electron chi connectivity index (χ0n) is 20.0. The van der Waals surface area contributed by atoms with E-state index in [1.165, 1.54) is 39.8 Å². The molecule has 0 spiro atoms. The van der Waals surface area contributed by atoms with Crippen LogP contribution >= 0.6 is 11.8 Å². The number of rotatable bonds is 6.